The van der Waals surface area contributed by atoms with Crippen molar-refractivity contribution in [1.82, 2.24) is 10.2 Å². The molecule has 0 spiro atoms. The Morgan fingerprint density at radius 2 is 2.22 bits per heavy atom. The fraction of sp³-hybridized carbons (Fsp3) is 0.600. The van der Waals surface area contributed by atoms with Crippen LogP contribution in [0.2, 0.25) is 0 Å². The van der Waals surface area contributed by atoms with Gasteiger partial charge in [-0.2, -0.15) is 0 Å². The molecule has 1 aromatic rings. The van der Waals surface area contributed by atoms with Crippen LogP contribution in [0.1, 0.15) is 23.1 Å². The second-order valence-corrected chi connectivity index (χ2v) is 5.55. The second-order valence-electron chi connectivity index (χ2n) is 5.55. The molecule has 98 valence electrons. The number of ether oxygens (including phenoxy) is 1. The molecule has 0 saturated carbocycles. The molecule has 3 nitrogen and oxygen atoms in total. The predicted octanol–water partition coefficient (Wildman–Crippen LogP) is 1.76. The normalized spacial score (nSPS) is 23.5. The first-order valence-electron chi connectivity index (χ1n) is 6.88. The minimum atomic E-state index is 0.728. The van der Waals surface area contributed by atoms with Crippen LogP contribution >= 0.6 is 0 Å². The lowest BCUT2D eigenvalue weighted by Gasteiger charge is -2.16. The topological polar surface area (TPSA) is 24.5 Å². The number of methoxy groups -OCH3 is 1. The third kappa shape index (κ3) is 2.58. The van der Waals surface area contributed by atoms with E-state index in [9.17, 15) is 0 Å². The van der Waals surface area contributed by atoms with E-state index in [2.05, 4.69) is 28.4 Å². The van der Waals surface area contributed by atoms with Crippen molar-refractivity contribution in [3.63, 3.8) is 0 Å². The van der Waals surface area contributed by atoms with Gasteiger partial charge in [0.15, 0.2) is 0 Å². The Hall–Kier alpha value is -0.900. The first-order chi connectivity index (χ1) is 8.85. The van der Waals surface area contributed by atoms with Crippen molar-refractivity contribution in [3.05, 3.63) is 34.9 Å². The lowest BCUT2D eigenvalue weighted by atomic mass is 10.1. The zero-order chi connectivity index (χ0) is 12.4. The molecule has 2 aliphatic heterocycles. The van der Waals surface area contributed by atoms with E-state index in [-0.39, 0.29) is 0 Å². The molecule has 1 fully saturated rings. The molecular formula is C15H22N2O. The van der Waals surface area contributed by atoms with Gasteiger partial charge >= 0.3 is 0 Å². The van der Waals surface area contributed by atoms with Crippen molar-refractivity contribution < 1.29 is 4.74 Å². The van der Waals surface area contributed by atoms with Gasteiger partial charge in [-0.25, -0.2) is 0 Å². The Bertz CT molecular complexity index is 419. The lowest BCUT2D eigenvalue weighted by molar-refractivity contribution is 0.152. The molecule has 2 aliphatic rings. The SMILES string of the molecule is COCC1CCN(Cc2ccc3c(c2)CNC3)C1. The molecule has 3 rings (SSSR count). The molecule has 1 aromatic carbocycles. The summed E-state index contributed by atoms with van der Waals surface area (Å²) in [6, 6.07) is 6.95. The van der Waals surface area contributed by atoms with Crippen molar-refractivity contribution in [2.75, 3.05) is 26.8 Å². The van der Waals surface area contributed by atoms with E-state index in [0.29, 0.717) is 0 Å². The van der Waals surface area contributed by atoms with Crippen LogP contribution in [0.4, 0.5) is 0 Å². The Morgan fingerprint density at radius 1 is 1.33 bits per heavy atom. The molecular weight excluding hydrogens is 224 g/mol. The molecule has 1 N–H and O–H groups in total. The van der Waals surface area contributed by atoms with Gasteiger partial charge in [0, 0.05) is 33.3 Å². The average molecular weight is 246 g/mol. The van der Waals surface area contributed by atoms with E-state index >= 15 is 0 Å². The van der Waals surface area contributed by atoms with Crippen molar-refractivity contribution in [3.8, 4) is 0 Å². The first-order valence-corrected chi connectivity index (χ1v) is 6.88. The number of rotatable bonds is 4. The molecule has 0 bridgehead atoms. The molecule has 1 atom stereocenters. The number of hydrogen-bond acceptors (Lipinski definition) is 3. The van der Waals surface area contributed by atoms with Crippen LogP contribution in [0, 0.1) is 5.92 Å². The maximum atomic E-state index is 5.25. The number of benzene rings is 1. The van der Waals surface area contributed by atoms with Gasteiger partial charge in [-0.15, -0.1) is 0 Å². The smallest absolute Gasteiger partial charge is 0.0503 e. The zero-order valence-corrected chi connectivity index (χ0v) is 11.1. The molecule has 0 aromatic heterocycles. The molecule has 0 aliphatic carbocycles. The number of fused-ring (bicyclic) bond motifs is 1. The molecule has 1 saturated heterocycles. The number of nitrogens with one attached hydrogen (secondary N) is 1. The monoisotopic (exact) mass is 246 g/mol. The maximum absolute atomic E-state index is 5.25. The molecule has 0 radical (unpaired) electrons. The van der Waals surface area contributed by atoms with Gasteiger partial charge in [0.05, 0.1) is 6.61 Å². The van der Waals surface area contributed by atoms with Gasteiger partial charge in [-0.05, 0) is 35.6 Å². The Balaban J connectivity index is 1.60. The molecule has 18 heavy (non-hydrogen) atoms. The fourth-order valence-electron chi connectivity index (χ4n) is 3.13. The summed E-state index contributed by atoms with van der Waals surface area (Å²) in [6.07, 6.45) is 1.28. The van der Waals surface area contributed by atoms with Crippen molar-refractivity contribution in [1.29, 1.82) is 0 Å². The van der Waals surface area contributed by atoms with Crippen LogP contribution in [0.5, 0.6) is 0 Å². The summed E-state index contributed by atoms with van der Waals surface area (Å²) in [4.78, 5) is 2.55. The van der Waals surface area contributed by atoms with Crippen molar-refractivity contribution >= 4 is 0 Å². The Morgan fingerprint density at radius 3 is 3.11 bits per heavy atom. The summed E-state index contributed by atoms with van der Waals surface area (Å²) in [6.45, 7) is 6.47. The van der Waals surface area contributed by atoms with Crippen molar-refractivity contribution in [2.24, 2.45) is 5.92 Å². The molecule has 1 unspecified atom stereocenters. The highest BCUT2D eigenvalue weighted by atomic mass is 16.5. The van der Waals surface area contributed by atoms with Gasteiger partial charge in [-0.3, -0.25) is 4.90 Å². The Labute approximate surface area is 109 Å². The van der Waals surface area contributed by atoms with Crippen LogP contribution in [0.3, 0.4) is 0 Å². The van der Waals surface area contributed by atoms with Gasteiger partial charge in [0.25, 0.3) is 0 Å². The van der Waals surface area contributed by atoms with Crippen LogP contribution in [-0.4, -0.2) is 31.7 Å². The highest BCUT2D eigenvalue weighted by Crippen LogP contribution is 2.21. The predicted molar refractivity (Wildman–Crippen MR) is 72.2 cm³/mol. The largest absolute Gasteiger partial charge is 0.384 e. The van der Waals surface area contributed by atoms with Crippen molar-refractivity contribution in [2.45, 2.75) is 26.1 Å². The van der Waals surface area contributed by atoms with Gasteiger partial charge in [-0.1, -0.05) is 18.2 Å². The van der Waals surface area contributed by atoms with Crippen LogP contribution in [0.15, 0.2) is 18.2 Å². The van der Waals surface area contributed by atoms with E-state index in [1.54, 1.807) is 7.11 Å². The van der Waals surface area contributed by atoms with Crippen LogP contribution in [-0.2, 0) is 24.4 Å². The summed E-state index contributed by atoms with van der Waals surface area (Å²) < 4.78 is 5.25. The Kier molecular flexibility index (Phi) is 3.64. The van der Waals surface area contributed by atoms with E-state index in [4.69, 9.17) is 4.74 Å². The quantitative estimate of drug-likeness (QED) is 0.876. The average Bonchev–Trinajstić information content (AvgIpc) is 2.98. The van der Waals surface area contributed by atoms with Gasteiger partial charge < -0.3 is 10.1 Å². The standard InChI is InChI=1S/C15H22N2O/c1-18-11-13-4-5-17(10-13)9-12-2-3-14-7-16-8-15(14)6-12/h2-3,6,13,16H,4-5,7-11H2,1H3. The minimum absolute atomic E-state index is 0.728. The van der Waals surface area contributed by atoms with E-state index in [1.165, 1.54) is 36.2 Å². The summed E-state index contributed by atoms with van der Waals surface area (Å²) in [5, 5.41) is 3.40. The summed E-state index contributed by atoms with van der Waals surface area (Å²) >= 11 is 0. The molecule has 2 heterocycles. The fourth-order valence-corrected chi connectivity index (χ4v) is 3.13. The molecule has 0 amide bonds. The summed E-state index contributed by atoms with van der Waals surface area (Å²) in [7, 11) is 1.80. The molecule has 3 heteroatoms. The van der Waals surface area contributed by atoms with E-state index in [1.807, 2.05) is 0 Å². The first kappa shape index (κ1) is 12.2. The van der Waals surface area contributed by atoms with E-state index in [0.717, 1.165) is 32.2 Å². The van der Waals surface area contributed by atoms with Gasteiger partial charge in [0.2, 0.25) is 0 Å². The number of likely N-dealkylation sites (tertiary alicyclic amines) is 1. The third-order valence-corrected chi connectivity index (χ3v) is 4.08. The number of nitrogens with zero attached hydrogens (tertiary/aromatic N) is 1. The summed E-state index contributed by atoms with van der Waals surface area (Å²) in [5.74, 6) is 0.728. The summed E-state index contributed by atoms with van der Waals surface area (Å²) in [5.41, 5.74) is 4.41. The minimum Gasteiger partial charge on any atom is -0.384 e. The second kappa shape index (κ2) is 5.39. The highest BCUT2D eigenvalue weighted by Gasteiger charge is 2.22. The van der Waals surface area contributed by atoms with E-state index < -0.39 is 0 Å². The van der Waals surface area contributed by atoms with Crippen LogP contribution < -0.4 is 5.32 Å². The number of hydrogen-bond donors (Lipinski definition) is 1. The maximum Gasteiger partial charge on any atom is 0.0503 e. The van der Waals surface area contributed by atoms with Gasteiger partial charge in [0.1, 0.15) is 0 Å². The lowest BCUT2D eigenvalue weighted by Crippen LogP contribution is -2.21. The highest BCUT2D eigenvalue weighted by molar-refractivity contribution is 5.34. The zero-order valence-electron chi connectivity index (χ0n) is 11.1. The van der Waals surface area contributed by atoms with Crippen LogP contribution in [0.25, 0.3) is 0 Å². The third-order valence-electron chi connectivity index (χ3n) is 4.08.